The number of phenolic OH excluding ortho intramolecular Hbond substituents is 1. The Morgan fingerprint density at radius 2 is 2.03 bits per heavy atom. The number of rotatable bonds is 2. The normalized spacial score (nSPS) is 26.8. The van der Waals surface area contributed by atoms with Crippen LogP contribution < -0.4 is 5.32 Å². The van der Waals surface area contributed by atoms with Crippen LogP contribution >= 0.6 is 0 Å². The monoisotopic (exact) mass is 405 g/mol. The molecule has 3 aliphatic heterocycles. The lowest BCUT2D eigenvalue weighted by atomic mass is 9.77. The molecule has 5 heteroatoms. The molecule has 5 rings (SSSR count). The molecule has 0 aliphatic carbocycles. The van der Waals surface area contributed by atoms with Gasteiger partial charge in [0, 0.05) is 31.7 Å². The van der Waals surface area contributed by atoms with Gasteiger partial charge in [-0.1, -0.05) is 36.4 Å². The fourth-order valence-corrected chi connectivity index (χ4v) is 5.79. The van der Waals surface area contributed by atoms with E-state index in [4.69, 9.17) is 0 Å². The van der Waals surface area contributed by atoms with Gasteiger partial charge in [-0.15, -0.1) is 0 Å². The van der Waals surface area contributed by atoms with E-state index in [0.29, 0.717) is 18.0 Å². The van der Waals surface area contributed by atoms with E-state index < -0.39 is 0 Å². The van der Waals surface area contributed by atoms with Crippen molar-refractivity contribution in [3.05, 3.63) is 65.2 Å². The van der Waals surface area contributed by atoms with Crippen LogP contribution in [0.4, 0.5) is 4.79 Å². The highest BCUT2D eigenvalue weighted by atomic mass is 16.3. The molecular formula is C25H31N3O2. The average molecular weight is 406 g/mol. The number of piperidine rings is 2. The van der Waals surface area contributed by atoms with Crippen molar-refractivity contribution >= 4 is 6.03 Å². The van der Waals surface area contributed by atoms with Gasteiger partial charge >= 0.3 is 6.03 Å². The lowest BCUT2D eigenvalue weighted by Crippen LogP contribution is -2.59. The molecule has 4 atom stereocenters. The first-order chi connectivity index (χ1) is 14.6. The van der Waals surface area contributed by atoms with Crippen LogP contribution in [0.2, 0.25) is 0 Å². The smallest absolute Gasteiger partial charge is 0.318 e. The van der Waals surface area contributed by atoms with Crippen LogP contribution in [-0.2, 0) is 6.42 Å². The largest absolute Gasteiger partial charge is 0.508 e. The first-order valence-corrected chi connectivity index (χ1v) is 11.3. The van der Waals surface area contributed by atoms with Crippen molar-refractivity contribution < 1.29 is 9.90 Å². The molecule has 2 aromatic carbocycles. The number of carbonyl (C=O) groups is 1. The molecule has 2 saturated heterocycles. The van der Waals surface area contributed by atoms with Crippen LogP contribution in [-0.4, -0.2) is 46.6 Å². The van der Waals surface area contributed by atoms with E-state index in [-0.39, 0.29) is 17.8 Å². The van der Waals surface area contributed by atoms with Gasteiger partial charge in [-0.2, -0.15) is 0 Å². The highest BCUT2D eigenvalue weighted by Crippen LogP contribution is 2.42. The van der Waals surface area contributed by atoms with Crippen molar-refractivity contribution in [2.24, 2.45) is 5.92 Å². The van der Waals surface area contributed by atoms with E-state index in [1.807, 2.05) is 19.1 Å². The molecule has 158 valence electrons. The predicted octanol–water partition coefficient (Wildman–Crippen LogP) is 4.25. The molecule has 0 radical (unpaired) electrons. The third-order valence-electron chi connectivity index (χ3n) is 7.35. The van der Waals surface area contributed by atoms with Crippen molar-refractivity contribution in [2.75, 3.05) is 19.6 Å². The Labute approximate surface area is 178 Å². The molecule has 0 aromatic heterocycles. The summed E-state index contributed by atoms with van der Waals surface area (Å²) < 4.78 is 0. The first kappa shape index (κ1) is 19.4. The molecule has 3 heterocycles. The van der Waals surface area contributed by atoms with E-state index in [1.165, 1.54) is 17.5 Å². The first-order valence-electron chi connectivity index (χ1n) is 11.3. The topological polar surface area (TPSA) is 55.8 Å². The second kappa shape index (κ2) is 7.95. The number of fused-ring (bicyclic) bond motifs is 4. The lowest BCUT2D eigenvalue weighted by Gasteiger charge is -2.52. The average Bonchev–Trinajstić information content (AvgIpc) is 2.77. The molecule has 3 aliphatic rings. The molecule has 2 amide bonds. The van der Waals surface area contributed by atoms with Crippen LogP contribution in [0.1, 0.15) is 55.0 Å². The minimum absolute atomic E-state index is 0.0260. The molecule has 0 spiro atoms. The number of amides is 2. The molecule has 0 bridgehead atoms. The molecule has 2 aromatic rings. The van der Waals surface area contributed by atoms with Gasteiger partial charge in [-0.3, -0.25) is 4.90 Å². The Kier molecular flexibility index (Phi) is 5.15. The van der Waals surface area contributed by atoms with Gasteiger partial charge in [0.15, 0.2) is 0 Å². The van der Waals surface area contributed by atoms with Crippen molar-refractivity contribution in [2.45, 2.75) is 50.7 Å². The number of carbonyl (C=O) groups excluding carboxylic acids is 1. The van der Waals surface area contributed by atoms with E-state index in [2.05, 4.69) is 39.4 Å². The zero-order valence-corrected chi connectivity index (χ0v) is 17.6. The van der Waals surface area contributed by atoms with Crippen LogP contribution in [0.25, 0.3) is 0 Å². The molecule has 30 heavy (non-hydrogen) atoms. The summed E-state index contributed by atoms with van der Waals surface area (Å²) in [5.41, 5.74) is 3.86. The number of hydrogen-bond acceptors (Lipinski definition) is 3. The second-order valence-corrected chi connectivity index (χ2v) is 9.12. The summed E-state index contributed by atoms with van der Waals surface area (Å²) >= 11 is 0. The number of nitrogens with zero attached hydrogens (tertiary/aromatic N) is 2. The number of hydrogen-bond donors (Lipinski definition) is 2. The zero-order chi connectivity index (χ0) is 20.7. The molecule has 0 saturated carbocycles. The van der Waals surface area contributed by atoms with Gasteiger partial charge in [0.1, 0.15) is 5.75 Å². The summed E-state index contributed by atoms with van der Waals surface area (Å²) in [6, 6.07) is 16.6. The van der Waals surface area contributed by atoms with Gasteiger partial charge in [0.25, 0.3) is 0 Å². The minimum Gasteiger partial charge on any atom is -0.508 e. The molecule has 2 fully saturated rings. The molecule has 0 unspecified atom stereocenters. The molecule has 5 nitrogen and oxygen atoms in total. The third kappa shape index (κ3) is 3.56. The van der Waals surface area contributed by atoms with Crippen molar-refractivity contribution in [1.82, 2.24) is 15.1 Å². The summed E-state index contributed by atoms with van der Waals surface area (Å²) in [5, 5.41) is 12.9. The van der Waals surface area contributed by atoms with Gasteiger partial charge in [-0.25, -0.2) is 4.79 Å². The van der Waals surface area contributed by atoms with Crippen molar-refractivity contribution in [1.29, 1.82) is 0 Å². The minimum atomic E-state index is -0.138. The highest BCUT2D eigenvalue weighted by molar-refractivity contribution is 5.75. The SMILES string of the molecule is C[C@@H](NC(=O)N1CCC[C@H]2CN3CCc4ccccc4[C@H]3C[C@H]21)c1cccc(O)c1. The van der Waals surface area contributed by atoms with Gasteiger partial charge < -0.3 is 15.3 Å². The van der Waals surface area contributed by atoms with Crippen molar-refractivity contribution in [3.8, 4) is 5.75 Å². The van der Waals surface area contributed by atoms with Crippen LogP contribution in [0.15, 0.2) is 48.5 Å². The summed E-state index contributed by atoms with van der Waals surface area (Å²) in [6.45, 7) is 5.03. The van der Waals surface area contributed by atoms with Gasteiger partial charge in [-0.05, 0) is 67.3 Å². The number of urea groups is 1. The van der Waals surface area contributed by atoms with E-state index in [0.717, 1.165) is 44.5 Å². The number of nitrogens with one attached hydrogen (secondary N) is 1. The fourth-order valence-electron chi connectivity index (χ4n) is 5.79. The fraction of sp³-hybridized carbons (Fsp3) is 0.480. The maximum absolute atomic E-state index is 13.3. The maximum atomic E-state index is 13.3. The van der Waals surface area contributed by atoms with Gasteiger partial charge in [0.2, 0.25) is 0 Å². The summed E-state index contributed by atoms with van der Waals surface area (Å²) in [5.74, 6) is 0.789. The third-order valence-corrected chi connectivity index (χ3v) is 7.35. The van der Waals surface area contributed by atoms with E-state index in [9.17, 15) is 9.90 Å². The number of aromatic hydroxyl groups is 1. The number of likely N-dealkylation sites (tertiary alicyclic amines) is 1. The number of phenols is 1. The Morgan fingerprint density at radius 1 is 1.17 bits per heavy atom. The quantitative estimate of drug-likeness (QED) is 0.786. The van der Waals surface area contributed by atoms with Gasteiger partial charge in [0.05, 0.1) is 6.04 Å². The molecule has 2 N–H and O–H groups in total. The maximum Gasteiger partial charge on any atom is 0.318 e. The molecular weight excluding hydrogens is 374 g/mol. The zero-order valence-electron chi connectivity index (χ0n) is 17.6. The summed E-state index contributed by atoms with van der Waals surface area (Å²) in [7, 11) is 0. The summed E-state index contributed by atoms with van der Waals surface area (Å²) in [6.07, 6.45) is 4.44. The number of benzene rings is 2. The lowest BCUT2D eigenvalue weighted by molar-refractivity contribution is 0.00533. The second-order valence-electron chi connectivity index (χ2n) is 9.12. The predicted molar refractivity (Wildman–Crippen MR) is 117 cm³/mol. The van der Waals surface area contributed by atoms with Crippen molar-refractivity contribution in [3.63, 3.8) is 0 Å². The van der Waals surface area contributed by atoms with E-state index >= 15 is 0 Å². The Balaban J connectivity index is 1.33. The Hall–Kier alpha value is -2.53. The summed E-state index contributed by atoms with van der Waals surface area (Å²) in [4.78, 5) is 18.0. The Morgan fingerprint density at radius 3 is 2.90 bits per heavy atom. The van der Waals surface area contributed by atoms with Crippen LogP contribution in [0, 0.1) is 5.92 Å². The van der Waals surface area contributed by atoms with E-state index in [1.54, 1.807) is 12.1 Å². The standard InChI is InChI=1S/C25H31N3O2/c1-17(19-7-4-9-21(29)14-19)26-25(30)28-12-5-8-20-16-27-13-11-18-6-2-3-10-22(18)24(27)15-23(20)28/h2-4,6-7,9-10,14,17,20,23-24,29H,5,8,11-13,15-16H2,1H3,(H,26,30)/t17-,20+,23-,24-/m1/s1. The van der Waals surface area contributed by atoms with Crippen LogP contribution in [0.5, 0.6) is 5.75 Å². The highest BCUT2D eigenvalue weighted by Gasteiger charge is 2.44. The van der Waals surface area contributed by atoms with Crippen LogP contribution in [0.3, 0.4) is 0 Å². The Bertz CT molecular complexity index is 930.